The van der Waals surface area contributed by atoms with Gasteiger partial charge in [-0.2, -0.15) is 0 Å². The number of carbonyl (C=O) groups excluding carboxylic acids is 1. The van der Waals surface area contributed by atoms with Crippen LogP contribution in [0.25, 0.3) is 44.1 Å². The molecule has 0 unspecified atom stereocenters. The van der Waals surface area contributed by atoms with Gasteiger partial charge in [0.1, 0.15) is 0 Å². The van der Waals surface area contributed by atoms with Crippen LogP contribution in [-0.2, 0) is 30.3 Å². The monoisotopic (exact) mass is 761 g/mol. The molecular formula is C40H42IrNO2-. The summed E-state index contributed by atoms with van der Waals surface area (Å²) in [5, 5.41) is 13.0. The van der Waals surface area contributed by atoms with E-state index in [1.54, 1.807) is 0 Å². The summed E-state index contributed by atoms with van der Waals surface area (Å²) in [6.07, 6.45) is 1.31. The molecule has 229 valence electrons. The zero-order valence-corrected chi connectivity index (χ0v) is 29.3. The van der Waals surface area contributed by atoms with Gasteiger partial charge in [0.05, 0.1) is 11.3 Å². The third kappa shape index (κ3) is 6.03. The van der Waals surface area contributed by atoms with Gasteiger partial charge in [-0.3, -0.25) is 9.78 Å². The van der Waals surface area contributed by atoms with Crippen LogP contribution in [0.15, 0.2) is 90.7 Å². The zero-order valence-electron chi connectivity index (χ0n) is 27.0. The van der Waals surface area contributed by atoms with E-state index in [9.17, 15) is 9.90 Å². The Kier molecular flexibility index (Phi) is 9.98. The van der Waals surface area contributed by atoms with E-state index in [0.29, 0.717) is 5.92 Å². The van der Waals surface area contributed by atoms with Crippen molar-refractivity contribution in [2.75, 3.05) is 0 Å². The van der Waals surface area contributed by atoms with Gasteiger partial charge in [-0.15, -0.1) is 23.3 Å². The molecule has 0 amide bonds. The number of aliphatic hydroxyl groups excluding tert-OH is 1. The van der Waals surface area contributed by atoms with Gasteiger partial charge in [0.15, 0.2) is 5.78 Å². The van der Waals surface area contributed by atoms with Gasteiger partial charge >= 0.3 is 0 Å². The molecule has 5 aromatic rings. The van der Waals surface area contributed by atoms with Crippen molar-refractivity contribution in [3.63, 3.8) is 0 Å². The van der Waals surface area contributed by atoms with Crippen molar-refractivity contribution in [3.05, 3.63) is 113 Å². The van der Waals surface area contributed by atoms with Crippen LogP contribution >= 0.6 is 0 Å². The summed E-state index contributed by atoms with van der Waals surface area (Å²) in [6, 6.07) is 32.0. The number of nitrogens with zero attached hydrogens (tertiary/aromatic N) is 1. The topological polar surface area (TPSA) is 50.2 Å². The van der Waals surface area contributed by atoms with Crippen LogP contribution in [0, 0.1) is 17.9 Å². The number of hydrogen-bond acceptors (Lipinski definition) is 3. The first-order chi connectivity index (χ1) is 20.4. The number of ketones is 1. The number of para-hydroxylation sites is 1. The molecule has 0 atom stereocenters. The van der Waals surface area contributed by atoms with Gasteiger partial charge < -0.3 is 5.11 Å². The zero-order chi connectivity index (χ0) is 31.1. The maximum absolute atomic E-state index is 11.0. The molecule has 1 aliphatic rings. The summed E-state index contributed by atoms with van der Waals surface area (Å²) in [5.74, 6) is 0.605. The Labute approximate surface area is 275 Å². The van der Waals surface area contributed by atoms with Crippen LogP contribution in [0.3, 0.4) is 0 Å². The molecule has 4 aromatic carbocycles. The number of fused-ring (bicyclic) bond motifs is 6. The molecule has 1 aliphatic carbocycles. The smallest absolute Gasteiger partial charge is 0.161 e. The van der Waals surface area contributed by atoms with E-state index in [4.69, 9.17) is 4.98 Å². The third-order valence-electron chi connectivity index (χ3n) is 8.58. The van der Waals surface area contributed by atoms with Crippen LogP contribution in [-0.4, -0.2) is 15.9 Å². The molecule has 1 heterocycles. The van der Waals surface area contributed by atoms with Gasteiger partial charge in [-0.1, -0.05) is 139 Å². The predicted molar refractivity (Wildman–Crippen MR) is 181 cm³/mol. The Morgan fingerprint density at radius 2 is 1.41 bits per heavy atom. The van der Waals surface area contributed by atoms with E-state index in [2.05, 4.69) is 113 Å². The third-order valence-corrected chi connectivity index (χ3v) is 8.58. The molecule has 0 bridgehead atoms. The van der Waals surface area contributed by atoms with E-state index in [1.807, 2.05) is 27.7 Å². The van der Waals surface area contributed by atoms with Crippen molar-refractivity contribution < 1.29 is 30.0 Å². The van der Waals surface area contributed by atoms with Crippen LogP contribution in [0.5, 0.6) is 0 Å². The van der Waals surface area contributed by atoms with Crippen molar-refractivity contribution in [2.24, 2.45) is 11.8 Å². The molecule has 3 nitrogen and oxygen atoms in total. The van der Waals surface area contributed by atoms with E-state index in [1.165, 1.54) is 50.1 Å². The molecule has 44 heavy (non-hydrogen) atoms. The number of allylic oxidation sites excluding steroid dienone is 2. The van der Waals surface area contributed by atoms with Crippen molar-refractivity contribution in [1.29, 1.82) is 0 Å². The minimum Gasteiger partial charge on any atom is -0.512 e. The second-order valence-corrected chi connectivity index (χ2v) is 13.0. The first-order valence-electron chi connectivity index (χ1n) is 15.3. The molecule has 1 N–H and O–H groups in total. The van der Waals surface area contributed by atoms with Gasteiger partial charge in [-0.25, -0.2) is 0 Å². The van der Waals surface area contributed by atoms with E-state index < -0.39 is 0 Å². The summed E-state index contributed by atoms with van der Waals surface area (Å²) in [6.45, 7) is 16.5. The summed E-state index contributed by atoms with van der Waals surface area (Å²) in [4.78, 5) is 16.3. The van der Waals surface area contributed by atoms with Crippen molar-refractivity contribution >= 4 is 27.5 Å². The molecule has 0 saturated carbocycles. The number of carbonyl (C=O) groups is 1. The van der Waals surface area contributed by atoms with Gasteiger partial charge in [0.25, 0.3) is 0 Å². The Hall–Kier alpha value is -3.59. The molecular weight excluding hydrogens is 719 g/mol. The maximum Gasteiger partial charge on any atom is 0.161 e. The second kappa shape index (κ2) is 13.2. The minimum atomic E-state index is -0.0864. The molecule has 1 aromatic heterocycles. The largest absolute Gasteiger partial charge is 0.512 e. The molecule has 1 radical (unpaired) electrons. The number of benzene rings is 4. The van der Waals surface area contributed by atoms with Crippen molar-refractivity contribution in [1.82, 2.24) is 4.98 Å². The SMILES string of the molecule is CC(C)C(=O)/C=C(\O)C(C)C.CC(C)c1c[c-]c(-c2nc3ccccc3c3c2-c2ccccc2C3(C)C)c2ccccc12.[Ir]. The fourth-order valence-electron chi connectivity index (χ4n) is 6.10. The Morgan fingerprint density at radius 3 is 2.05 bits per heavy atom. The van der Waals surface area contributed by atoms with Crippen molar-refractivity contribution in [3.8, 4) is 22.4 Å². The van der Waals surface area contributed by atoms with Crippen LogP contribution in [0.4, 0.5) is 0 Å². The van der Waals surface area contributed by atoms with Gasteiger partial charge in [-0.05, 0) is 34.0 Å². The maximum atomic E-state index is 11.0. The predicted octanol–water partition coefficient (Wildman–Crippen LogP) is 10.6. The number of aliphatic hydroxyl groups is 1. The molecule has 6 rings (SSSR count). The van der Waals surface area contributed by atoms with Crippen LogP contribution in [0.1, 0.15) is 78.0 Å². The standard InChI is InChI=1S/C31H26N.C9H16O2.Ir/c1-19(2)20-17-18-23(22-12-6-5-11-21(20)22)30-28-24-13-7-9-15-26(24)31(3,4)29(28)25-14-8-10-16-27(25)32-30;1-6(2)8(10)5-9(11)7(3)4;/h5-17,19H,1-4H3;5-7,10H,1-4H3;/q-1;;/b;8-5-;. The Morgan fingerprint density at radius 1 is 0.818 bits per heavy atom. The summed E-state index contributed by atoms with van der Waals surface area (Å²) in [5.41, 5.74) is 9.76. The average molecular weight is 761 g/mol. The van der Waals surface area contributed by atoms with Gasteiger partial charge in [0, 0.05) is 48.8 Å². The molecule has 0 spiro atoms. The first-order valence-corrected chi connectivity index (χ1v) is 15.3. The molecule has 0 aliphatic heterocycles. The summed E-state index contributed by atoms with van der Waals surface area (Å²) < 4.78 is 0. The van der Waals surface area contributed by atoms with Crippen molar-refractivity contribution in [2.45, 2.75) is 66.7 Å². The molecule has 4 heteroatoms. The normalized spacial score (nSPS) is 13.5. The number of hydrogen-bond donors (Lipinski definition) is 1. The van der Waals surface area contributed by atoms with E-state index in [-0.39, 0.29) is 48.9 Å². The summed E-state index contributed by atoms with van der Waals surface area (Å²) in [7, 11) is 0. The van der Waals surface area contributed by atoms with E-state index in [0.717, 1.165) is 16.8 Å². The van der Waals surface area contributed by atoms with Gasteiger partial charge in [0.2, 0.25) is 0 Å². The number of rotatable bonds is 5. The number of pyridine rings is 1. The first kappa shape index (κ1) is 33.3. The Balaban J connectivity index is 0.000000318. The second-order valence-electron chi connectivity index (χ2n) is 13.0. The quantitative estimate of drug-likeness (QED) is 0.110. The molecule has 0 saturated heterocycles. The number of aromatic nitrogens is 1. The Bertz CT molecular complexity index is 1860. The van der Waals surface area contributed by atoms with Crippen LogP contribution < -0.4 is 0 Å². The van der Waals surface area contributed by atoms with Crippen LogP contribution in [0.2, 0.25) is 0 Å². The fraction of sp³-hybridized carbons (Fsp3) is 0.300. The fourth-order valence-corrected chi connectivity index (χ4v) is 6.10. The summed E-state index contributed by atoms with van der Waals surface area (Å²) >= 11 is 0. The minimum absolute atomic E-state index is 0. The average Bonchev–Trinajstić information content (AvgIpc) is 3.23. The van der Waals surface area contributed by atoms with E-state index >= 15 is 0 Å². The molecule has 0 fully saturated rings.